The zero-order valence-electron chi connectivity index (χ0n) is 11.4. The molecule has 0 aromatic heterocycles. The maximum absolute atomic E-state index is 10.8. The van der Waals surface area contributed by atoms with Crippen molar-refractivity contribution in [2.75, 3.05) is 12.4 Å². The fourth-order valence-electron chi connectivity index (χ4n) is 0.809. The molecule has 0 radical (unpaired) electrons. The molecule has 0 bridgehead atoms. The SMILES string of the molecule is C=C[C-]=O.O=[C-]CCN1C(=O)C=CC1=O.O=[C-]CCl.[U].[U].[U]. The summed E-state index contributed by atoms with van der Waals surface area (Å²) in [6, 6.07) is 0. The van der Waals surface area contributed by atoms with Crippen LogP contribution in [0.1, 0.15) is 6.42 Å². The maximum atomic E-state index is 10.8. The molecule has 0 N–H and O–H groups in total. The van der Waals surface area contributed by atoms with E-state index in [-0.39, 0.29) is 124 Å². The summed E-state index contributed by atoms with van der Waals surface area (Å²) in [6.45, 7) is 3.19. The van der Waals surface area contributed by atoms with Crippen LogP contribution in [0.4, 0.5) is 0 Å². The predicted octanol–water partition coefficient (Wildman–Crippen LogP) is 0.0282. The summed E-state index contributed by atoms with van der Waals surface area (Å²) in [5.74, 6) is -0.726. The molecule has 10 heteroatoms. The van der Waals surface area contributed by atoms with Crippen molar-refractivity contribution < 1.29 is 117 Å². The van der Waals surface area contributed by atoms with Gasteiger partial charge < -0.3 is 14.4 Å². The largest absolute Gasteiger partial charge is 0.542 e. The van der Waals surface area contributed by atoms with E-state index < -0.39 is 0 Å². The Morgan fingerprint density at radius 3 is 1.64 bits per heavy atom. The van der Waals surface area contributed by atoms with E-state index in [1.807, 2.05) is 0 Å². The standard InChI is InChI=1S/C7H6NO3.C3H3O.C2H2ClO.3U/c9-5-1-4-8-6(10)2-3-7(8)11;1-2-3-4;3-1-2-4;;;/h2-3H,1,4H2;2H,1H2;1H2;;;/q3*-1;;;. The first-order valence-corrected chi connectivity index (χ1v) is 5.40. The van der Waals surface area contributed by atoms with Crippen molar-refractivity contribution in [3.8, 4) is 0 Å². The monoisotopic (exact) mass is 998 g/mol. The van der Waals surface area contributed by atoms with Crippen LogP contribution < -0.4 is 0 Å². The minimum absolute atomic E-state index is 0. The van der Waals surface area contributed by atoms with E-state index in [4.69, 9.17) is 21.2 Å². The molecule has 0 aliphatic carbocycles. The van der Waals surface area contributed by atoms with Crippen LogP contribution in [0.3, 0.4) is 0 Å². The van der Waals surface area contributed by atoms with Crippen molar-refractivity contribution in [1.82, 2.24) is 4.90 Å². The quantitative estimate of drug-likeness (QED) is 0.168. The third-order valence-corrected chi connectivity index (χ3v) is 1.59. The van der Waals surface area contributed by atoms with Crippen LogP contribution in [-0.4, -0.2) is 48.0 Å². The molecule has 1 aliphatic heterocycles. The van der Waals surface area contributed by atoms with E-state index in [1.165, 1.54) is 24.7 Å². The van der Waals surface area contributed by atoms with Gasteiger partial charge in [0.25, 0.3) is 11.8 Å². The number of halogens is 1. The molecule has 0 aromatic rings. The molecule has 0 aromatic carbocycles. The van der Waals surface area contributed by atoms with Gasteiger partial charge in [0.05, 0.1) is 0 Å². The van der Waals surface area contributed by atoms with Crippen molar-refractivity contribution in [3.05, 3.63) is 24.8 Å². The number of hydrogen-bond acceptors (Lipinski definition) is 5. The van der Waals surface area contributed by atoms with Crippen molar-refractivity contribution in [2.45, 2.75) is 6.42 Å². The van der Waals surface area contributed by atoms with Gasteiger partial charge in [-0.2, -0.15) is 11.6 Å². The zero-order valence-corrected chi connectivity index (χ0v) is 24.7. The number of allylic oxidation sites excluding steroid dienone is 1. The molecule has 0 atom stereocenters. The summed E-state index contributed by atoms with van der Waals surface area (Å²) < 4.78 is 0. The smallest absolute Gasteiger partial charge is 0.253 e. The molecule has 22 heavy (non-hydrogen) atoms. The molecule has 0 spiro atoms. The van der Waals surface area contributed by atoms with Gasteiger partial charge in [0, 0.05) is 112 Å². The maximum Gasteiger partial charge on any atom is 0.253 e. The summed E-state index contributed by atoms with van der Waals surface area (Å²) in [4.78, 5) is 50.2. The first kappa shape index (κ1) is 34.4. The topological polar surface area (TPSA) is 88.6 Å². The molecule has 0 saturated heterocycles. The molecule has 0 fully saturated rings. The number of alkyl halides is 1. The van der Waals surface area contributed by atoms with Gasteiger partial charge in [-0.05, 0) is 6.29 Å². The Bertz CT molecular complexity index is 354. The molecule has 1 aliphatic rings. The predicted molar refractivity (Wildman–Crippen MR) is 68.5 cm³/mol. The first-order valence-electron chi connectivity index (χ1n) is 4.87. The van der Waals surface area contributed by atoms with E-state index in [9.17, 15) is 14.4 Å². The fourth-order valence-corrected chi connectivity index (χ4v) is 0.809. The van der Waals surface area contributed by atoms with Crippen LogP contribution in [0.5, 0.6) is 0 Å². The van der Waals surface area contributed by atoms with Crippen molar-refractivity contribution in [2.24, 2.45) is 0 Å². The van der Waals surface area contributed by atoms with Gasteiger partial charge in [-0.3, -0.25) is 20.8 Å². The Morgan fingerprint density at radius 1 is 1.05 bits per heavy atom. The van der Waals surface area contributed by atoms with E-state index in [0.717, 1.165) is 11.0 Å². The molecular weight excluding hydrogens is 988 g/mol. The Hall–Kier alpha value is 1.08. The van der Waals surface area contributed by atoms with Gasteiger partial charge in [-0.15, -0.1) is 6.42 Å². The van der Waals surface area contributed by atoms with Gasteiger partial charge >= 0.3 is 0 Å². The number of hydrogen-bond donors (Lipinski definition) is 0. The van der Waals surface area contributed by atoms with Gasteiger partial charge in [-0.1, -0.05) is 5.88 Å². The van der Waals surface area contributed by atoms with Crippen LogP contribution in [0.25, 0.3) is 0 Å². The van der Waals surface area contributed by atoms with Gasteiger partial charge in [0.1, 0.15) is 0 Å². The van der Waals surface area contributed by atoms with Crippen molar-refractivity contribution in [3.63, 3.8) is 0 Å². The normalized spacial score (nSPS) is 10.1. The van der Waals surface area contributed by atoms with Crippen molar-refractivity contribution in [1.29, 1.82) is 0 Å². The summed E-state index contributed by atoms with van der Waals surface area (Å²) in [5.41, 5.74) is 0. The summed E-state index contributed by atoms with van der Waals surface area (Å²) in [7, 11) is 0. The van der Waals surface area contributed by atoms with Crippen LogP contribution in [-0.2, 0) is 24.0 Å². The van der Waals surface area contributed by atoms with Gasteiger partial charge in [0.2, 0.25) is 0 Å². The first-order chi connectivity index (χ1) is 9.08. The third kappa shape index (κ3) is 21.1. The second-order valence-electron chi connectivity index (χ2n) is 2.66. The van der Waals surface area contributed by atoms with Gasteiger partial charge in [0.15, 0.2) is 0 Å². The molecule has 6 nitrogen and oxygen atoms in total. The second-order valence-corrected chi connectivity index (χ2v) is 2.92. The number of nitrogens with zero attached hydrogens (tertiary/aromatic N) is 1. The molecule has 116 valence electrons. The molecule has 1 heterocycles. The van der Waals surface area contributed by atoms with Crippen LogP contribution in [0.2, 0.25) is 0 Å². The van der Waals surface area contributed by atoms with E-state index >= 15 is 0 Å². The molecular formula is C12H11ClNO5U3-3. The van der Waals surface area contributed by atoms with E-state index in [1.54, 1.807) is 6.29 Å². The summed E-state index contributed by atoms with van der Waals surface area (Å²) in [6.07, 6.45) is 8.03. The Balaban J connectivity index is -0.0000000756. The van der Waals surface area contributed by atoms with Crippen LogP contribution in [0.15, 0.2) is 24.8 Å². The fraction of sp³-hybridized carbons (Fsp3) is 0.250. The Labute approximate surface area is 205 Å². The minimum atomic E-state index is -0.356. The number of rotatable bonds is 5. The van der Waals surface area contributed by atoms with Gasteiger partial charge in [-0.25, -0.2) is 18.9 Å². The minimum Gasteiger partial charge on any atom is -0.542 e. The summed E-state index contributed by atoms with van der Waals surface area (Å²) >= 11 is 4.76. The third-order valence-electron chi connectivity index (χ3n) is 1.48. The number of imide groups is 1. The van der Waals surface area contributed by atoms with E-state index in [0.29, 0.717) is 0 Å². The molecule has 0 saturated carbocycles. The van der Waals surface area contributed by atoms with Crippen molar-refractivity contribution >= 4 is 42.3 Å². The number of carbonyl (C=O) groups is 2. The molecule has 2 amide bonds. The average Bonchev–Trinajstić information content (AvgIpc) is 2.76. The molecule has 0 unspecified atom stereocenters. The Morgan fingerprint density at radius 2 is 1.41 bits per heavy atom. The number of amides is 2. The van der Waals surface area contributed by atoms with E-state index in [2.05, 4.69) is 6.58 Å². The molecule has 1 rings (SSSR count). The summed E-state index contributed by atoms with van der Waals surface area (Å²) in [5, 5.41) is 0. The Kier molecular flexibility index (Phi) is 42.2. The van der Waals surface area contributed by atoms with Crippen LogP contribution >= 0.6 is 11.6 Å². The zero-order chi connectivity index (χ0) is 15.1. The second kappa shape index (κ2) is 26.9. The number of carbonyl (C=O) groups excluding carboxylic acids is 5. The average molecular weight is 999 g/mol. The van der Waals surface area contributed by atoms with Crippen LogP contribution in [0, 0.1) is 93.3 Å².